The zero-order chi connectivity index (χ0) is 23.9. The van der Waals surface area contributed by atoms with Crippen LogP contribution < -0.4 is 10.1 Å². The Bertz CT molecular complexity index is 895. The van der Waals surface area contributed by atoms with Crippen LogP contribution >= 0.6 is 0 Å². The van der Waals surface area contributed by atoms with Crippen molar-refractivity contribution in [3.05, 3.63) is 41.6 Å². The third-order valence-corrected chi connectivity index (χ3v) is 4.99. The van der Waals surface area contributed by atoms with E-state index < -0.39 is 0 Å². The topological polar surface area (TPSA) is 76.5 Å². The van der Waals surface area contributed by atoms with E-state index in [4.69, 9.17) is 4.74 Å². The number of ether oxygens (including phenoxy) is 1. The van der Waals surface area contributed by atoms with Gasteiger partial charge < -0.3 is 15.0 Å². The van der Waals surface area contributed by atoms with Crippen molar-refractivity contribution in [2.24, 2.45) is 13.0 Å². The first-order valence-corrected chi connectivity index (χ1v) is 11.4. The van der Waals surface area contributed by atoms with Gasteiger partial charge in [0.25, 0.3) is 5.91 Å². The van der Waals surface area contributed by atoms with E-state index in [0.29, 0.717) is 24.5 Å². The van der Waals surface area contributed by atoms with Crippen LogP contribution in [0.2, 0.25) is 0 Å². The van der Waals surface area contributed by atoms with E-state index in [1.807, 2.05) is 19.9 Å². The van der Waals surface area contributed by atoms with Gasteiger partial charge in [0, 0.05) is 30.6 Å². The fraction of sp³-hybridized carbons (Fsp3) is 0.560. The van der Waals surface area contributed by atoms with Crippen LogP contribution in [0.15, 0.2) is 30.3 Å². The predicted octanol–water partition coefficient (Wildman–Crippen LogP) is 4.63. The highest BCUT2D eigenvalue weighted by atomic mass is 16.5. The molecule has 0 fully saturated rings. The molecular formula is C25H38N4O3. The second-order valence-corrected chi connectivity index (χ2v) is 9.64. The number of benzene rings is 1. The summed E-state index contributed by atoms with van der Waals surface area (Å²) in [5, 5.41) is 7.39. The van der Waals surface area contributed by atoms with Gasteiger partial charge in [0.05, 0.1) is 12.3 Å². The smallest absolute Gasteiger partial charge is 0.254 e. The van der Waals surface area contributed by atoms with Crippen molar-refractivity contribution >= 4 is 17.6 Å². The van der Waals surface area contributed by atoms with Crippen molar-refractivity contribution < 1.29 is 14.3 Å². The SMILES string of the molecule is CCCCOc1ccc(C(=O)N(CC(=O)Nc2cc(C(C)(C)C)nn2C)CC(C)C)cc1. The molecule has 176 valence electrons. The third-order valence-electron chi connectivity index (χ3n) is 4.99. The van der Waals surface area contributed by atoms with Crippen molar-refractivity contribution in [2.75, 3.05) is 25.0 Å². The lowest BCUT2D eigenvalue weighted by Gasteiger charge is -2.24. The summed E-state index contributed by atoms with van der Waals surface area (Å²) in [5.41, 5.74) is 1.32. The number of amides is 2. The lowest BCUT2D eigenvalue weighted by atomic mass is 9.92. The summed E-state index contributed by atoms with van der Waals surface area (Å²) in [6, 6.07) is 9.00. The normalized spacial score (nSPS) is 11.5. The summed E-state index contributed by atoms with van der Waals surface area (Å²) < 4.78 is 7.33. The first-order chi connectivity index (χ1) is 15.0. The second-order valence-electron chi connectivity index (χ2n) is 9.64. The van der Waals surface area contributed by atoms with Gasteiger partial charge in [-0.2, -0.15) is 5.10 Å². The number of unbranched alkanes of at least 4 members (excludes halogenated alkanes) is 1. The van der Waals surface area contributed by atoms with Gasteiger partial charge in [-0.25, -0.2) is 0 Å². The molecule has 1 aromatic heterocycles. The summed E-state index contributed by atoms with van der Waals surface area (Å²) in [4.78, 5) is 27.5. The molecule has 0 saturated heterocycles. The van der Waals surface area contributed by atoms with Crippen LogP contribution in [0, 0.1) is 5.92 Å². The van der Waals surface area contributed by atoms with Crippen molar-refractivity contribution in [1.29, 1.82) is 0 Å². The molecule has 7 nitrogen and oxygen atoms in total. The molecule has 2 amide bonds. The van der Waals surface area contributed by atoms with Crippen LogP contribution in [0.25, 0.3) is 0 Å². The van der Waals surface area contributed by atoms with Gasteiger partial charge in [-0.1, -0.05) is 48.0 Å². The maximum Gasteiger partial charge on any atom is 0.254 e. The molecule has 0 aliphatic heterocycles. The molecule has 1 heterocycles. The van der Waals surface area contributed by atoms with Crippen LogP contribution in [0.3, 0.4) is 0 Å². The van der Waals surface area contributed by atoms with Crippen molar-refractivity contribution in [3.8, 4) is 5.75 Å². The highest BCUT2D eigenvalue weighted by Crippen LogP contribution is 2.23. The van der Waals surface area contributed by atoms with Crippen LogP contribution in [-0.2, 0) is 17.3 Å². The Morgan fingerprint density at radius 2 is 1.84 bits per heavy atom. The number of nitrogens with zero attached hydrogens (tertiary/aromatic N) is 3. The molecular weight excluding hydrogens is 404 g/mol. The zero-order valence-corrected chi connectivity index (χ0v) is 20.6. The summed E-state index contributed by atoms with van der Waals surface area (Å²) >= 11 is 0. The van der Waals surface area contributed by atoms with Crippen LogP contribution in [0.4, 0.5) is 5.82 Å². The van der Waals surface area contributed by atoms with E-state index in [2.05, 4.69) is 38.1 Å². The maximum absolute atomic E-state index is 13.1. The summed E-state index contributed by atoms with van der Waals surface area (Å²) in [7, 11) is 1.80. The van der Waals surface area contributed by atoms with Gasteiger partial charge in [0.2, 0.25) is 5.91 Å². The highest BCUT2D eigenvalue weighted by molar-refractivity contribution is 5.99. The van der Waals surface area contributed by atoms with Crippen LogP contribution in [-0.4, -0.2) is 46.2 Å². The van der Waals surface area contributed by atoms with E-state index in [1.54, 1.807) is 40.9 Å². The number of hydrogen-bond acceptors (Lipinski definition) is 4. The number of carbonyl (C=O) groups excluding carboxylic acids is 2. The van der Waals surface area contributed by atoms with E-state index in [9.17, 15) is 9.59 Å². The molecule has 0 saturated carbocycles. The minimum absolute atomic E-state index is 0.0260. The number of hydrogen-bond donors (Lipinski definition) is 1. The number of aromatic nitrogens is 2. The molecule has 0 spiro atoms. The third kappa shape index (κ3) is 7.39. The van der Waals surface area contributed by atoms with Crippen LogP contribution in [0.1, 0.15) is 70.4 Å². The standard InChI is InChI=1S/C25H38N4O3/c1-8-9-14-32-20-12-10-19(11-13-20)24(31)29(16-18(2)3)17-23(30)26-22-15-21(25(4,5)6)27-28(22)7/h10-13,15,18H,8-9,14,16-17H2,1-7H3,(H,26,30). The van der Waals surface area contributed by atoms with Gasteiger partial charge in [-0.3, -0.25) is 14.3 Å². The van der Waals surface area contributed by atoms with Crippen molar-refractivity contribution in [2.45, 2.75) is 59.8 Å². The number of nitrogens with one attached hydrogen (secondary N) is 1. The molecule has 0 atom stereocenters. The summed E-state index contributed by atoms with van der Waals surface area (Å²) in [6.07, 6.45) is 2.06. The minimum Gasteiger partial charge on any atom is -0.494 e. The summed E-state index contributed by atoms with van der Waals surface area (Å²) in [6.45, 7) is 13.5. The van der Waals surface area contributed by atoms with Gasteiger partial charge in [-0.05, 0) is 36.6 Å². The lowest BCUT2D eigenvalue weighted by Crippen LogP contribution is -2.40. The fourth-order valence-electron chi connectivity index (χ4n) is 3.18. The lowest BCUT2D eigenvalue weighted by molar-refractivity contribution is -0.117. The van der Waals surface area contributed by atoms with Crippen molar-refractivity contribution in [3.63, 3.8) is 0 Å². The first-order valence-electron chi connectivity index (χ1n) is 11.4. The quantitative estimate of drug-likeness (QED) is 0.544. The Morgan fingerprint density at radius 3 is 2.38 bits per heavy atom. The van der Waals surface area contributed by atoms with Gasteiger partial charge in [-0.15, -0.1) is 0 Å². The Balaban J connectivity index is 2.08. The average Bonchev–Trinajstić information content (AvgIpc) is 3.08. The van der Waals surface area contributed by atoms with E-state index in [-0.39, 0.29) is 29.7 Å². The molecule has 2 rings (SSSR count). The molecule has 32 heavy (non-hydrogen) atoms. The van der Waals surface area contributed by atoms with E-state index in [0.717, 1.165) is 24.3 Å². The number of aryl methyl sites for hydroxylation is 1. The van der Waals surface area contributed by atoms with Gasteiger partial charge in [0.1, 0.15) is 18.1 Å². The molecule has 1 N–H and O–H groups in total. The molecule has 0 unspecified atom stereocenters. The van der Waals surface area contributed by atoms with Crippen LogP contribution in [0.5, 0.6) is 5.75 Å². The predicted molar refractivity (Wildman–Crippen MR) is 128 cm³/mol. The Kier molecular flexibility index (Phi) is 8.87. The first kappa shape index (κ1) is 25.4. The zero-order valence-electron chi connectivity index (χ0n) is 20.6. The molecule has 1 aromatic carbocycles. The Labute approximate surface area is 192 Å². The Hall–Kier alpha value is -2.83. The van der Waals surface area contributed by atoms with Crippen molar-refractivity contribution in [1.82, 2.24) is 14.7 Å². The van der Waals surface area contributed by atoms with Gasteiger partial charge >= 0.3 is 0 Å². The largest absolute Gasteiger partial charge is 0.494 e. The molecule has 0 aliphatic carbocycles. The number of carbonyl (C=O) groups is 2. The number of rotatable bonds is 10. The minimum atomic E-state index is -0.248. The molecule has 2 aromatic rings. The molecule has 0 radical (unpaired) electrons. The molecule has 0 aliphatic rings. The van der Waals surface area contributed by atoms with E-state index in [1.165, 1.54) is 0 Å². The summed E-state index contributed by atoms with van der Waals surface area (Å²) in [5.74, 6) is 1.17. The Morgan fingerprint density at radius 1 is 1.19 bits per heavy atom. The van der Waals surface area contributed by atoms with Gasteiger partial charge in [0.15, 0.2) is 0 Å². The molecule has 7 heteroatoms. The highest BCUT2D eigenvalue weighted by Gasteiger charge is 2.23. The fourth-order valence-corrected chi connectivity index (χ4v) is 3.18. The van der Waals surface area contributed by atoms with E-state index >= 15 is 0 Å². The monoisotopic (exact) mass is 442 g/mol. The number of anilines is 1. The second kappa shape index (κ2) is 11.2. The molecule has 0 bridgehead atoms. The maximum atomic E-state index is 13.1. The average molecular weight is 443 g/mol.